The Hall–Kier alpha value is -2.87. The van der Waals surface area contributed by atoms with Crippen molar-refractivity contribution in [2.24, 2.45) is 5.92 Å². The van der Waals surface area contributed by atoms with Crippen LogP contribution in [0.25, 0.3) is 0 Å². The maximum Gasteiger partial charge on any atom is 0.225 e. The van der Waals surface area contributed by atoms with Gasteiger partial charge in [-0.15, -0.1) is 0 Å². The average Bonchev–Trinajstić information content (AvgIpc) is 2.73. The summed E-state index contributed by atoms with van der Waals surface area (Å²) in [6.45, 7) is 0.382. The predicted octanol–water partition coefficient (Wildman–Crippen LogP) is 3.35. The van der Waals surface area contributed by atoms with Crippen molar-refractivity contribution >= 4 is 11.8 Å². The van der Waals surface area contributed by atoms with E-state index in [0.29, 0.717) is 12.0 Å². The van der Waals surface area contributed by atoms with Crippen molar-refractivity contribution in [2.75, 3.05) is 20.3 Å². The molecule has 1 fully saturated rings. The van der Waals surface area contributed by atoms with Crippen LogP contribution in [-0.4, -0.2) is 37.0 Å². The zero-order valence-electron chi connectivity index (χ0n) is 16.5. The van der Waals surface area contributed by atoms with Crippen molar-refractivity contribution in [3.8, 4) is 0 Å². The number of methoxy groups -OCH3 is 1. The summed E-state index contributed by atoms with van der Waals surface area (Å²) in [6.07, 6.45) is 0.468. The number of amides is 2. The SMILES string of the molecule is COCCN1C(=O)CC[C@@H](C(=O)NCc2cc(F)ccc2F)[C@@H]1c1ccc(F)cc1. The maximum atomic E-state index is 13.9. The Kier molecular flexibility index (Phi) is 7.10. The molecule has 1 aliphatic rings. The average molecular weight is 420 g/mol. The standard InChI is InChI=1S/C22H23F3N2O3/c1-30-11-10-27-20(28)9-7-18(21(27)14-2-4-16(23)5-3-14)22(29)26-13-15-12-17(24)6-8-19(15)25/h2-6,8,12,18,21H,7,9-11,13H2,1H3,(H,26,29)/t18-,21+/m1/s1. The molecule has 3 rings (SSSR count). The van der Waals surface area contributed by atoms with E-state index < -0.39 is 29.4 Å². The topological polar surface area (TPSA) is 58.6 Å². The van der Waals surface area contributed by atoms with Gasteiger partial charge in [0.25, 0.3) is 0 Å². The van der Waals surface area contributed by atoms with Gasteiger partial charge in [0.05, 0.1) is 18.6 Å². The molecule has 0 saturated carbocycles. The van der Waals surface area contributed by atoms with Gasteiger partial charge in [0.1, 0.15) is 17.5 Å². The Morgan fingerprint density at radius 3 is 2.53 bits per heavy atom. The minimum atomic E-state index is -0.623. The minimum Gasteiger partial charge on any atom is -0.383 e. The van der Waals surface area contributed by atoms with Crippen molar-refractivity contribution in [1.82, 2.24) is 10.2 Å². The second-order valence-corrected chi connectivity index (χ2v) is 7.18. The molecular formula is C22H23F3N2O3. The molecule has 1 aliphatic heterocycles. The van der Waals surface area contributed by atoms with Crippen LogP contribution < -0.4 is 5.32 Å². The van der Waals surface area contributed by atoms with E-state index in [0.717, 1.165) is 18.2 Å². The molecule has 1 N–H and O–H groups in total. The second-order valence-electron chi connectivity index (χ2n) is 7.18. The molecule has 0 aliphatic carbocycles. The summed E-state index contributed by atoms with van der Waals surface area (Å²) < 4.78 is 45.8. The fourth-order valence-corrected chi connectivity index (χ4v) is 3.75. The Morgan fingerprint density at radius 1 is 1.13 bits per heavy atom. The summed E-state index contributed by atoms with van der Waals surface area (Å²) in [5.41, 5.74) is 0.655. The Labute approximate surface area is 172 Å². The van der Waals surface area contributed by atoms with E-state index in [4.69, 9.17) is 4.74 Å². The summed E-state index contributed by atoms with van der Waals surface area (Å²) in [4.78, 5) is 27.1. The van der Waals surface area contributed by atoms with Crippen LogP contribution in [0.15, 0.2) is 42.5 Å². The summed E-state index contributed by atoms with van der Waals surface area (Å²) in [5.74, 6) is -2.77. The van der Waals surface area contributed by atoms with E-state index >= 15 is 0 Å². The molecule has 2 atom stereocenters. The molecule has 160 valence electrons. The molecule has 0 radical (unpaired) electrons. The predicted molar refractivity (Wildman–Crippen MR) is 104 cm³/mol. The van der Waals surface area contributed by atoms with E-state index in [9.17, 15) is 22.8 Å². The number of carbonyl (C=O) groups is 2. The molecule has 0 spiro atoms. The lowest BCUT2D eigenvalue weighted by atomic mass is 9.83. The van der Waals surface area contributed by atoms with Crippen LogP contribution in [0, 0.1) is 23.4 Å². The largest absolute Gasteiger partial charge is 0.383 e. The number of rotatable bonds is 7. The number of piperidine rings is 1. The van der Waals surface area contributed by atoms with Crippen LogP contribution in [0.4, 0.5) is 13.2 Å². The number of hydrogen-bond acceptors (Lipinski definition) is 3. The number of nitrogens with one attached hydrogen (secondary N) is 1. The molecule has 8 heteroatoms. The molecule has 2 aromatic carbocycles. The Morgan fingerprint density at radius 2 is 1.83 bits per heavy atom. The van der Waals surface area contributed by atoms with E-state index in [2.05, 4.69) is 5.32 Å². The molecule has 30 heavy (non-hydrogen) atoms. The zero-order chi connectivity index (χ0) is 21.7. The first-order chi connectivity index (χ1) is 14.4. The van der Waals surface area contributed by atoms with Crippen LogP contribution in [-0.2, 0) is 20.9 Å². The minimum absolute atomic E-state index is 0.0322. The third-order valence-corrected chi connectivity index (χ3v) is 5.25. The highest BCUT2D eigenvalue weighted by molar-refractivity contribution is 5.85. The first kappa shape index (κ1) is 21.8. The van der Waals surface area contributed by atoms with Gasteiger partial charge in [-0.3, -0.25) is 9.59 Å². The van der Waals surface area contributed by atoms with E-state index in [-0.39, 0.29) is 43.5 Å². The van der Waals surface area contributed by atoms with Gasteiger partial charge in [-0.25, -0.2) is 13.2 Å². The van der Waals surface area contributed by atoms with Gasteiger partial charge in [-0.05, 0) is 42.3 Å². The lowest BCUT2D eigenvalue weighted by Gasteiger charge is -2.40. The third kappa shape index (κ3) is 4.99. The molecule has 1 heterocycles. The molecule has 1 saturated heterocycles. The Bertz CT molecular complexity index is 905. The number of carbonyl (C=O) groups excluding carboxylic acids is 2. The van der Waals surface area contributed by atoms with Gasteiger partial charge in [-0.2, -0.15) is 0 Å². The first-order valence-corrected chi connectivity index (χ1v) is 9.66. The van der Waals surface area contributed by atoms with Crippen molar-refractivity contribution in [2.45, 2.75) is 25.4 Å². The van der Waals surface area contributed by atoms with E-state index in [1.165, 1.54) is 19.2 Å². The third-order valence-electron chi connectivity index (χ3n) is 5.25. The highest BCUT2D eigenvalue weighted by Gasteiger charge is 2.40. The Balaban J connectivity index is 1.83. The van der Waals surface area contributed by atoms with Crippen LogP contribution in [0.2, 0.25) is 0 Å². The molecule has 0 aromatic heterocycles. The molecule has 5 nitrogen and oxygen atoms in total. The normalized spacial score (nSPS) is 19.1. The van der Waals surface area contributed by atoms with Crippen LogP contribution >= 0.6 is 0 Å². The monoisotopic (exact) mass is 420 g/mol. The van der Waals surface area contributed by atoms with Crippen LogP contribution in [0.5, 0.6) is 0 Å². The summed E-state index contributed by atoms with van der Waals surface area (Å²) in [6, 6.07) is 8.08. The van der Waals surface area contributed by atoms with Gasteiger partial charge in [0.15, 0.2) is 0 Å². The quantitative estimate of drug-likeness (QED) is 0.748. The zero-order valence-corrected chi connectivity index (χ0v) is 16.5. The van der Waals surface area contributed by atoms with Crippen molar-refractivity contribution in [1.29, 1.82) is 0 Å². The fraction of sp³-hybridized carbons (Fsp3) is 0.364. The highest BCUT2D eigenvalue weighted by atomic mass is 19.1. The van der Waals surface area contributed by atoms with Gasteiger partial charge < -0.3 is 15.0 Å². The molecule has 2 amide bonds. The number of hydrogen-bond donors (Lipinski definition) is 1. The maximum absolute atomic E-state index is 13.9. The van der Waals surface area contributed by atoms with Crippen molar-refractivity contribution < 1.29 is 27.5 Å². The lowest BCUT2D eigenvalue weighted by Crippen LogP contribution is -2.49. The van der Waals surface area contributed by atoms with Gasteiger partial charge in [0, 0.05) is 32.2 Å². The summed E-state index contributed by atoms with van der Waals surface area (Å²) in [5, 5.41) is 2.65. The van der Waals surface area contributed by atoms with Gasteiger partial charge in [0.2, 0.25) is 11.8 Å². The smallest absolute Gasteiger partial charge is 0.225 e. The van der Waals surface area contributed by atoms with Crippen LogP contribution in [0.1, 0.15) is 30.0 Å². The summed E-state index contributed by atoms with van der Waals surface area (Å²) in [7, 11) is 1.51. The molecule has 2 aromatic rings. The summed E-state index contributed by atoms with van der Waals surface area (Å²) >= 11 is 0. The second kappa shape index (κ2) is 9.75. The van der Waals surface area contributed by atoms with Crippen LogP contribution in [0.3, 0.4) is 0 Å². The highest BCUT2D eigenvalue weighted by Crippen LogP contribution is 2.37. The number of likely N-dealkylation sites (tertiary alicyclic amines) is 1. The number of halogens is 3. The molecular weight excluding hydrogens is 397 g/mol. The number of benzene rings is 2. The first-order valence-electron chi connectivity index (χ1n) is 9.66. The fourth-order valence-electron chi connectivity index (χ4n) is 3.75. The molecule has 0 bridgehead atoms. The van der Waals surface area contributed by atoms with E-state index in [1.54, 1.807) is 17.0 Å². The van der Waals surface area contributed by atoms with Crippen molar-refractivity contribution in [3.05, 3.63) is 71.0 Å². The van der Waals surface area contributed by atoms with Gasteiger partial charge >= 0.3 is 0 Å². The van der Waals surface area contributed by atoms with Gasteiger partial charge in [-0.1, -0.05) is 12.1 Å². The van der Waals surface area contributed by atoms with E-state index in [1.807, 2.05) is 0 Å². The number of nitrogens with zero attached hydrogens (tertiary/aromatic N) is 1. The van der Waals surface area contributed by atoms with Crippen molar-refractivity contribution in [3.63, 3.8) is 0 Å². The number of ether oxygens (including phenoxy) is 1. The lowest BCUT2D eigenvalue weighted by molar-refractivity contribution is -0.144. The molecule has 0 unspecified atom stereocenters.